The molecule has 1 aliphatic carbocycles. The first kappa shape index (κ1) is 17.7. The van der Waals surface area contributed by atoms with Crippen molar-refractivity contribution in [3.8, 4) is 0 Å². The van der Waals surface area contributed by atoms with Crippen LogP contribution in [0, 0.1) is 5.92 Å². The molecular formula is C21H26N4O3. The smallest absolute Gasteiger partial charge is 0.285 e. The van der Waals surface area contributed by atoms with Gasteiger partial charge >= 0.3 is 0 Å². The van der Waals surface area contributed by atoms with Crippen molar-refractivity contribution in [3.05, 3.63) is 52.1 Å². The van der Waals surface area contributed by atoms with Gasteiger partial charge in [-0.3, -0.25) is 14.5 Å². The van der Waals surface area contributed by atoms with Gasteiger partial charge in [0.2, 0.25) is 0 Å². The standard InChI is InChI=1S/C21H26N4O3/c26-20(22-16-4-2-1-3-5-16)18-12-25-10-15-9-24(8-14-6-7-28-13-14)11-17(15)19(25)23-21(18)27/h6-7,12-13,15-17H,1-5,8-11H2,(H,22,26)/t15-,17+/m1/s1. The van der Waals surface area contributed by atoms with Crippen LogP contribution in [0.25, 0.3) is 0 Å². The fourth-order valence-electron chi connectivity index (χ4n) is 5.07. The second-order valence-corrected chi connectivity index (χ2v) is 8.47. The van der Waals surface area contributed by atoms with Crippen LogP contribution in [0.5, 0.6) is 0 Å². The summed E-state index contributed by atoms with van der Waals surface area (Å²) < 4.78 is 7.19. The van der Waals surface area contributed by atoms with Gasteiger partial charge in [-0.1, -0.05) is 19.3 Å². The Labute approximate surface area is 163 Å². The maximum atomic E-state index is 12.6. The first-order valence-electron chi connectivity index (χ1n) is 10.3. The minimum atomic E-state index is -0.395. The van der Waals surface area contributed by atoms with Gasteiger partial charge in [0.15, 0.2) is 0 Å². The number of amides is 1. The van der Waals surface area contributed by atoms with Crippen molar-refractivity contribution >= 4 is 5.91 Å². The topological polar surface area (TPSA) is 80.4 Å². The molecule has 0 bridgehead atoms. The summed E-state index contributed by atoms with van der Waals surface area (Å²) in [5.74, 6) is 1.27. The van der Waals surface area contributed by atoms with Crippen LogP contribution < -0.4 is 10.9 Å². The average molecular weight is 382 g/mol. The van der Waals surface area contributed by atoms with E-state index in [0.717, 1.165) is 57.7 Å². The maximum Gasteiger partial charge on any atom is 0.285 e. The molecule has 7 nitrogen and oxygen atoms in total. The van der Waals surface area contributed by atoms with E-state index in [-0.39, 0.29) is 23.4 Å². The highest BCUT2D eigenvalue weighted by molar-refractivity contribution is 5.93. The lowest BCUT2D eigenvalue weighted by molar-refractivity contribution is 0.0925. The summed E-state index contributed by atoms with van der Waals surface area (Å²) in [4.78, 5) is 31.9. The summed E-state index contributed by atoms with van der Waals surface area (Å²) >= 11 is 0. The zero-order valence-electron chi connectivity index (χ0n) is 16.0. The number of likely N-dealkylation sites (tertiary alicyclic amines) is 1. The van der Waals surface area contributed by atoms with E-state index in [1.807, 2.05) is 10.6 Å². The van der Waals surface area contributed by atoms with Gasteiger partial charge in [-0.05, 0) is 18.9 Å². The van der Waals surface area contributed by atoms with Crippen molar-refractivity contribution in [1.82, 2.24) is 19.8 Å². The Balaban J connectivity index is 1.30. The predicted molar refractivity (Wildman–Crippen MR) is 103 cm³/mol. The third-order valence-electron chi connectivity index (χ3n) is 6.48. The third-order valence-corrected chi connectivity index (χ3v) is 6.48. The Morgan fingerprint density at radius 2 is 2.07 bits per heavy atom. The molecule has 28 heavy (non-hydrogen) atoms. The van der Waals surface area contributed by atoms with Gasteiger partial charge in [-0.25, -0.2) is 0 Å². The lowest BCUT2D eigenvalue weighted by Crippen LogP contribution is -2.39. The van der Waals surface area contributed by atoms with Crippen molar-refractivity contribution in [3.63, 3.8) is 0 Å². The van der Waals surface area contributed by atoms with Crippen LogP contribution in [0.3, 0.4) is 0 Å². The fourth-order valence-corrected chi connectivity index (χ4v) is 5.07. The number of carbonyl (C=O) groups is 1. The molecular weight excluding hydrogens is 356 g/mol. The van der Waals surface area contributed by atoms with Crippen LogP contribution in [0.1, 0.15) is 59.8 Å². The van der Waals surface area contributed by atoms with Gasteiger partial charge in [0.25, 0.3) is 11.5 Å². The number of hydrogen-bond acceptors (Lipinski definition) is 5. The molecule has 5 rings (SSSR count). The molecule has 2 fully saturated rings. The van der Waals surface area contributed by atoms with Gasteiger partial charge in [-0.15, -0.1) is 0 Å². The normalized spacial score (nSPS) is 24.9. The number of carbonyl (C=O) groups excluding carboxylic acids is 1. The van der Waals surface area contributed by atoms with E-state index in [1.54, 1.807) is 18.7 Å². The van der Waals surface area contributed by atoms with Crippen molar-refractivity contribution in [1.29, 1.82) is 0 Å². The highest BCUT2D eigenvalue weighted by Gasteiger charge is 2.41. The molecule has 1 saturated carbocycles. The monoisotopic (exact) mass is 382 g/mol. The van der Waals surface area contributed by atoms with E-state index in [2.05, 4.69) is 15.2 Å². The molecule has 1 saturated heterocycles. The second-order valence-electron chi connectivity index (χ2n) is 8.47. The number of hydrogen-bond donors (Lipinski definition) is 1. The number of nitrogens with one attached hydrogen (secondary N) is 1. The van der Waals surface area contributed by atoms with E-state index >= 15 is 0 Å². The predicted octanol–water partition coefficient (Wildman–Crippen LogP) is 2.13. The van der Waals surface area contributed by atoms with Gasteiger partial charge in [-0.2, -0.15) is 4.98 Å². The summed E-state index contributed by atoms with van der Waals surface area (Å²) in [6.07, 6.45) is 10.7. The van der Waals surface area contributed by atoms with Crippen LogP contribution in [0.15, 0.2) is 34.0 Å². The third kappa shape index (κ3) is 3.28. The Morgan fingerprint density at radius 1 is 1.21 bits per heavy atom. The lowest BCUT2D eigenvalue weighted by atomic mass is 9.95. The average Bonchev–Trinajstić information content (AvgIpc) is 3.39. The van der Waals surface area contributed by atoms with Crippen molar-refractivity contribution in [2.45, 2.75) is 57.2 Å². The molecule has 2 aromatic rings. The number of fused-ring (bicyclic) bond motifs is 3. The first-order valence-corrected chi connectivity index (χ1v) is 10.3. The molecule has 7 heteroatoms. The summed E-state index contributed by atoms with van der Waals surface area (Å²) in [7, 11) is 0. The van der Waals surface area contributed by atoms with Crippen molar-refractivity contribution in [2.75, 3.05) is 13.1 Å². The molecule has 0 radical (unpaired) electrons. The van der Waals surface area contributed by atoms with E-state index in [4.69, 9.17) is 4.42 Å². The van der Waals surface area contributed by atoms with E-state index in [1.165, 1.54) is 12.0 Å². The van der Waals surface area contributed by atoms with Crippen LogP contribution in [-0.4, -0.2) is 39.5 Å². The minimum Gasteiger partial charge on any atom is -0.472 e. The minimum absolute atomic E-state index is 0.185. The zero-order chi connectivity index (χ0) is 19.1. The first-order chi connectivity index (χ1) is 13.7. The Kier molecular flexibility index (Phi) is 4.55. The summed E-state index contributed by atoms with van der Waals surface area (Å²) in [6, 6.07) is 2.18. The molecule has 2 aliphatic heterocycles. The summed E-state index contributed by atoms with van der Waals surface area (Å²) in [5.41, 5.74) is 0.957. The molecule has 1 amide bonds. The van der Waals surface area contributed by atoms with Gasteiger partial charge < -0.3 is 14.3 Å². The van der Waals surface area contributed by atoms with Crippen molar-refractivity contribution in [2.24, 2.45) is 5.92 Å². The Bertz CT molecular complexity index is 914. The molecule has 2 atom stereocenters. The number of furan rings is 1. The summed E-state index contributed by atoms with van der Waals surface area (Å²) in [6.45, 7) is 3.53. The maximum absolute atomic E-state index is 12.6. The molecule has 3 aliphatic rings. The van der Waals surface area contributed by atoms with Crippen molar-refractivity contribution < 1.29 is 9.21 Å². The van der Waals surface area contributed by atoms with Crippen LogP contribution in [-0.2, 0) is 13.1 Å². The number of aromatic nitrogens is 2. The Morgan fingerprint density at radius 3 is 2.86 bits per heavy atom. The zero-order valence-corrected chi connectivity index (χ0v) is 16.0. The van der Waals surface area contributed by atoms with Crippen LogP contribution >= 0.6 is 0 Å². The van der Waals surface area contributed by atoms with E-state index < -0.39 is 5.56 Å². The largest absolute Gasteiger partial charge is 0.472 e. The summed E-state index contributed by atoms with van der Waals surface area (Å²) in [5, 5.41) is 3.04. The quantitative estimate of drug-likeness (QED) is 0.876. The molecule has 0 unspecified atom stereocenters. The number of nitrogens with zero attached hydrogens (tertiary/aromatic N) is 3. The highest BCUT2D eigenvalue weighted by Crippen LogP contribution is 2.38. The molecule has 148 valence electrons. The van der Waals surface area contributed by atoms with Gasteiger partial charge in [0.05, 0.1) is 12.5 Å². The van der Waals surface area contributed by atoms with E-state index in [0.29, 0.717) is 5.92 Å². The van der Waals surface area contributed by atoms with Gasteiger partial charge in [0, 0.05) is 55.8 Å². The molecule has 2 aromatic heterocycles. The van der Waals surface area contributed by atoms with Gasteiger partial charge in [0.1, 0.15) is 11.4 Å². The lowest BCUT2D eigenvalue weighted by Gasteiger charge is -2.22. The Hall–Kier alpha value is -2.41. The molecule has 1 N–H and O–H groups in total. The fraction of sp³-hybridized carbons (Fsp3) is 0.571. The van der Waals surface area contributed by atoms with E-state index in [9.17, 15) is 9.59 Å². The van der Waals surface area contributed by atoms with Crippen LogP contribution in [0.4, 0.5) is 0 Å². The molecule has 0 spiro atoms. The van der Waals surface area contributed by atoms with Crippen LogP contribution in [0.2, 0.25) is 0 Å². The molecule has 0 aromatic carbocycles. The number of rotatable bonds is 4. The SMILES string of the molecule is O=C(NC1CCCCC1)c1cn2c(nc1=O)[C@H]1CN(Cc3ccoc3)C[C@@H]1C2. The molecule has 4 heterocycles. The highest BCUT2D eigenvalue weighted by atomic mass is 16.3. The second kappa shape index (κ2) is 7.20.